The monoisotopic (exact) mass is 530 g/mol. The molecule has 2 rings (SSSR count). The number of ether oxygens (including phenoxy) is 3. The van der Waals surface area contributed by atoms with E-state index in [1.165, 1.54) is 0 Å². The normalized spacial score (nSPS) is 17.9. The van der Waals surface area contributed by atoms with Crippen molar-refractivity contribution in [2.24, 2.45) is 0 Å². The van der Waals surface area contributed by atoms with Crippen molar-refractivity contribution in [1.82, 2.24) is 0 Å². The van der Waals surface area contributed by atoms with E-state index < -0.39 is 15.9 Å². The summed E-state index contributed by atoms with van der Waals surface area (Å²) in [5.41, 5.74) is 0.619. The first-order valence-corrected chi connectivity index (χ1v) is 17.6. The van der Waals surface area contributed by atoms with Gasteiger partial charge < -0.3 is 0 Å². The number of rotatable bonds is 9. The molecule has 1 aromatic rings. The first-order valence-electron chi connectivity index (χ1n) is 8.92. The molecule has 4 nitrogen and oxygen atoms in total. The SMILES string of the molecule is C/C=C/CCC1=C(C(=O)OCC)CC(C[Te](Cl)(Cl)c2ccc(OC)cc2)O1. The van der Waals surface area contributed by atoms with Crippen molar-refractivity contribution >= 4 is 43.4 Å². The van der Waals surface area contributed by atoms with Gasteiger partial charge in [-0.3, -0.25) is 0 Å². The molecule has 1 atom stereocenters. The average Bonchev–Trinajstić information content (AvgIpc) is 3.04. The van der Waals surface area contributed by atoms with Crippen LogP contribution in [0.15, 0.2) is 47.7 Å². The Balaban J connectivity index is 2.09. The molecule has 7 heteroatoms. The molecule has 27 heavy (non-hydrogen) atoms. The third kappa shape index (κ3) is 6.32. The van der Waals surface area contributed by atoms with Crippen LogP contribution in [0.1, 0.15) is 33.1 Å². The fourth-order valence-corrected chi connectivity index (χ4v) is 10.1. The van der Waals surface area contributed by atoms with E-state index in [-0.39, 0.29) is 12.1 Å². The fraction of sp³-hybridized carbons (Fsp3) is 0.450. The molecule has 1 aliphatic heterocycles. The number of esters is 1. The van der Waals surface area contributed by atoms with Gasteiger partial charge in [0.2, 0.25) is 0 Å². The summed E-state index contributed by atoms with van der Waals surface area (Å²) in [4.78, 5) is 12.3. The van der Waals surface area contributed by atoms with Gasteiger partial charge in [-0.05, 0) is 0 Å². The van der Waals surface area contributed by atoms with Crippen LogP contribution in [0, 0.1) is 0 Å². The van der Waals surface area contributed by atoms with Crippen LogP contribution in [0.5, 0.6) is 5.75 Å². The molecule has 0 saturated carbocycles. The summed E-state index contributed by atoms with van der Waals surface area (Å²) in [5, 5.41) is 0. The summed E-state index contributed by atoms with van der Waals surface area (Å²) in [6, 6.07) is 7.56. The van der Waals surface area contributed by atoms with Gasteiger partial charge in [-0.2, -0.15) is 0 Å². The molecule has 0 fully saturated rings. The second-order valence-electron chi connectivity index (χ2n) is 6.09. The fourth-order valence-electron chi connectivity index (χ4n) is 2.86. The molecule has 1 heterocycles. The molecular formula is C20H26Cl2O4Te. The Morgan fingerprint density at radius 2 is 2.04 bits per heavy atom. The van der Waals surface area contributed by atoms with Gasteiger partial charge in [-0.1, -0.05) is 0 Å². The minimum atomic E-state index is -3.36. The number of benzene rings is 1. The Bertz CT molecular complexity index is 698. The van der Waals surface area contributed by atoms with E-state index in [2.05, 4.69) is 6.08 Å². The zero-order chi connectivity index (χ0) is 19.9. The van der Waals surface area contributed by atoms with Crippen molar-refractivity contribution in [3.63, 3.8) is 0 Å². The maximum absolute atomic E-state index is 12.3. The van der Waals surface area contributed by atoms with Crippen LogP contribution in [0.25, 0.3) is 0 Å². The van der Waals surface area contributed by atoms with Gasteiger partial charge in [0, 0.05) is 0 Å². The summed E-state index contributed by atoms with van der Waals surface area (Å²) in [6.07, 6.45) is 5.82. The van der Waals surface area contributed by atoms with Crippen molar-refractivity contribution in [1.29, 1.82) is 0 Å². The topological polar surface area (TPSA) is 44.8 Å². The third-order valence-electron chi connectivity index (χ3n) is 4.17. The van der Waals surface area contributed by atoms with E-state index in [1.54, 1.807) is 14.0 Å². The summed E-state index contributed by atoms with van der Waals surface area (Å²) < 4.78 is 18.0. The molecule has 0 bridgehead atoms. The number of halogens is 2. The second-order valence-corrected chi connectivity index (χ2v) is 19.8. The van der Waals surface area contributed by atoms with E-state index in [4.69, 9.17) is 32.1 Å². The van der Waals surface area contributed by atoms with Crippen molar-refractivity contribution in [3.8, 4) is 5.75 Å². The van der Waals surface area contributed by atoms with Crippen LogP contribution < -0.4 is 8.35 Å². The number of allylic oxidation sites excluding steroid dienone is 3. The predicted octanol–water partition coefficient (Wildman–Crippen LogP) is 4.78. The van der Waals surface area contributed by atoms with Crippen LogP contribution in [0.4, 0.5) is 0 Å². The first kappa shape index (κ1) is 22.4. The third-order valence-corrected chi connectivity index (χ3v) is 13.3. The Labute approximate surface area is 172 Å². The summed E-state index contributed by atoms with van der Waals surface area (Å²) in [5.74, 6) is 1.17. The van der Waals surface area contributed by atoms with Gasteiger partial charge in [-0.15, -0.1) is 0 Å². The standard InChI is InChI=1S/C20H26Cl2O4Te/c1-4-6-7-8-19-18(20(23)25-5-2)13-16(26-19)14-27(21,22)17-11-9-15(24-3)10-12-17/h4,6,9-12,16H,5,7-8,13-14H2,1-3H3/b6-4+. The summed E-state index contributed by atoms with van der Waals surface area (Å²) >= 11 is -3.36. The van der Waals surface area contributed by atoms with E-state index in [1.807, 2.05) is 37.3 Å². The molecule has 1 aromatic carbocycles. The predicted molar refractivity (Wildman–Crippen MR) is 112 cm³/mol. The number of carbonyl (C=O) groups excluding carboxylic acids is 1. The Kier molecular flexibility index (Phi) is 8.82. The van der Waals surface area contributed by atoms with Gasteiger partial charge in [-0.25, -0.2) is 0 Å². The Hall–Kier alpha value is -0.860. The molecular weight excluding hydrogens is 503 g/mol. The van der Waals surface area contributed by atoms with Crippen LogP contribution >= 0.6 is 17.9 Å². The minimum absolute atomic E-state index is 0.191. The van der Waals surface area contributed by atoms with Crippen molar-refractivity contribution in [2.75, 3.05) is 13.7 Å². The Morgan fingerprint density at radius 1 is 1.33 bits per heavy atom. The molecule has 0 N–H and O–H groups in total. The maximum atomic E-state index is 12.3. The first-order chi connectivity index (χ1) is 12.9. The molecule has 1 aliphatic rings. The van der Waals surface area contributed by atoms with E-state index in [0.717, 1.165) is 15.8 Å². The van der Waals surface area contributed by atoms with Gasteiger partial charge in [0.05, 0.1) is 0 Å². The quantitative estimate of drug-likeness (QED) is 0.263. The molecule has 0 aromatic heterocycles. The number of methoxy groups -OCH3 is 1. The van der Waals surface area contributed by atoms with Gasteiger partial charge >= 0.3 is 173 Å². The van der Waals surface area contributed by atoms with Gasteiger partial charge in [0.25, 0.3) is 0 Å². The van der Waals surface area contributed by atoms with Crippen molar-refractivity contribution < 1.29 is 19.0 Å². The molecule has 150 valence electrons. The van der Waals surface area contributed by atoms with E-state index in [9.17, 15) is 4.79 Å². The zero-order valence-electron chi connectivity index (χ0n) is 15.9. The molecule has 0 aliphatic carbocycles. The molecule has 1 unspecified atom stereocenters. The second kappa shape index (κ2) is 10.6. The molecule has 0 spiro atoms. The van der Waals surface area contributed by atoms with E-state index in [0.29, 0.717) is 35.2 Å². The number of hydrogen-bond donors (Lipinski definition) is 0. The zero-order valence-corrected chi connectivity index (χ0v) is 19.7. The van der Waals surface area contributed by atoms with Crippen molar-refractivity contribution in [2.45, 2.75) is 43.7 Å². The molecule has 0 saturated heterocycles. The van der Waals surface area contributed by atoms with Crippen molar-refractivity contribution in [3.05, 3.63) is 47.7 Å². The van der Waals surface area contributed by atoms with E-state index >= 15 is 0 Å². The van der Waals surface area contributed by atoms with Crippen LogP contribution in [0.3, 0.4) is 0 Å². The van der Waals surface area contributed by atoms with Gasteiger partial charge in [0.15, 0.2) is 0 Å². The molecule has 0 amide bonds. The Morgan fingerprint density at radius 3 is 2.63 bits per heavy atom. The molecule has 0 radical (unpaired) electrons. The number of hydrogen-bond acceptors (Lipinski definition) is 4. The van der Waals surface area contributed by atoms with Gasteiger partial charge in [0.1, 0.15) is 0 Å². The van der Waals surface area contributed by atoms with Crippen LogP contribution in [-0.4, -0.2) is 41.7 Å². The van der Waals surface area contributed by atoms with Crippen LogP contribution in [-0.2, 0) is 14.3 Å². The average molecular weight is 529 g/mol. The van der Waals surface area contributed by atoms with Crippen LogP contribution in [0.2, 0.25) is 4.47 Å². The summed E-state index contributed by atoms with van der Waals surface area (Å²) in [6.45, 7) is 4.11. The summed E-state index contributed by atoms with van der Waals surface area (Å²) in [7, 11) is 15.2. The number of carbonyl (C=O) groups is 1.